The van der Waals surface area contributed by atoms with Crippen molar-refractivity contribution in [2.75, 3.05) is 94.4 Å². The average molecular weight is 1730 g/mol. The summed E-state index contributed by atoms with van der Waals surface area (Å²) in [6.07, 6.45) is 0.289. The number of hydrogen-bond acceptors (Lipinski definition) is 40. The normalized spacial score (nSPS) is 11.6. The zero-order valence-corrected chi connectivity index (χ0v) is 65.3. The first-order valence-corrected chi connectivity index (χ1v) is 40.2. The summed E-state index contributed by atoms with van der Waals surface area (Å²) in [5.41, 5.74) is 1.08. The number of aromatic nitrogens is 6. The number of rotatable bonds is 49. The number of azo groups is 4. The molecule has 0 saturated heterocycles. The maximum absolute atomic E-state index is 12.1. The van der Waals surface area contributed by atoms with Gasteiger partial charge in [0.1, 0.15) is 45.7 Å². The Labute approximate surface area is 688 Å². The number of hydrogen-bond donors (Lipinski definition) is 14. The van der Waals surface area contributed by atoms with Gasteiger partial charge in [-0.3, -0.25) is 9.11 Å². The molecule has 0 amide bonds. The van der Waals surface area contributed by atoms with Gasteiger partial charge < -0.3 is 71.3 Å². The Kier molecular flexibility index (Phi) is 33.0. The van der Waals surface area contributed by atoms with Crippen molar-refractivity contribution in [3.8, 4) is 23.0 Å². The van der Waals surface area contributed by atoms with Gasteiger partial charge in [-0.15, -0.1) is 29.1 Å². The lowest BCUT2D eigenvalue weighted by Crippen LogP contribution is -2.18. The highest BCUT2D eigenvalue weighted by Crippen LogP contribution is 2.39. The molecule has 0 unspecified atom stereocenters. The van der Waals surface area contributed by atoms with Crippen LogP contribution in [0.4, 0.5) is 104 Å². The molecule has 2 aromatic heterocycles. The first kappa shape index (κ1) is 88.7. The maximum atomic E-state index is 12.1. The van der Waals surface area contributed by atoms with E-state index in [1.807, 2.05) is 0 Å². The Hall–Kier alpha value is -13.7. The Morgan fingerprint density at radius 2 is 0.592 bits per heavy atom. The lowest BCUT2D eigenvalue weighted by atomic mass is 10.2. The van der Waals surface area contributed by atoms with Gasteiger partial charge in [-0.2, -0.15) is 67.2 Å². The van der Waals surface area contributed by atoms with E-state index in [9.17, 15) is 65.5 Å². The van der Waals surface area contributed by atoms with Crippen LogP contribution in [-0.4, -0.2) is 173 Å². The molecular formula is C72H70N20O24S4. The fraction of sp³-hybridized carbons (Fsp3) is 0.194. The monoisotopic (exact) mass is 1730 g/mol. The molecule has 44 nitrogen and oxygen atoms in total. The van der Waals surface area contributed by atoms with Gasteiger partial charge in [0.25, 0.3) is 20.2 Å². The SMILES string of the molecule is O=C(O)c1ccccc1N=Nc1ccc(Nc2nc(NCCNc3nc(Nc4ccc(N=Nc5ccccc5C(=O)O)cc4OCCCSOOO)nc(Nc4ccc(N=Nc5ccccc5C(=O)O)cc4OCCCS(=O)(=O)O)n3)nc(Nc3ccc(N=Nc4ccccc4C(=O)O)cc3OCCCS(=O)(=O)O)n2)c(OCCCSOOO)c1. The Balaban J connectivity index is 1.01. The van der Waals surface area contributed by atoms with Gasteiger partial charge in [-0.1, -0.05) is 58.6 Å². The lowest BCUT2D eigenvalue weighted by molar-refractivity contribution is -0.432. The first-order valence-electron chi connectivity index (χ1n) is 35.1. The van der Waals surface area contributed by atoms with E-state index in [4.69, 9.17) is 29.5 Å². The minimum absolute atomic E-state index is 0.0153. The molecule has 2 heterocycles. The van der Waals surface area contributed by atoms with E-state index in [2.05, 4.69) is 121 Å². The number of nitrogens with one attached hydrogen (secondary N) is 6. The number of carboxylic acid groups (broad SMARTS) is 4. The van der Waals surface area contributed by atoms with Crippen LogP contribution in [0.2, 0.25) is 0 Å². The summed E-state index contributed by atoms with van der Waals surface area (Å²) in [5, 5.41) is 117. The highest BCUT2D eigenvalue weighted by atomic mass is 32.2. The van der Waals surface area contributed by atoms with E-state index in [1.165, 1.54) is 133 Å². The minimum atomic E-state index is -4.42. The largest absolute Gasteiger partial charge is 0.491 e. The van der Waals surface area contributed by atoms with Crippen molar-refractivity contribution in [2.24, 2.45) is 40.9 Å². The van der Waals surface area contributed by atoms with Gasteiger partial charge in [0.2, 0.25) is 35.7 Å². The molecule has 0 atom stereocenters. The summed E-state index contributed by atoms with van der Waals surface area (Å²) in [7, 11) is -8.85. The predicted octanol–water partition coefficient (Wildman–Crippen LogP) is 16.0. The fourth-order valence-corrected chi connectivity index (χ4v) is 11.8. The van der Waals surface area contributed by atoms with Crippen molar-refractivity contribution in [1.82, 2.24) is 29.9 Å². The summed E-state index contributed by atoms with van der Waals surface area (Å²) in [6.45, 7) is -0.623. The van der Waals surface area contributed by atoms with Crippen LogP contribution < -0.4 is 50.8 Å². The van der Waals surface area contributed by atoms with Gasteiger partial charge in [-0.05, 0) is 123 Å². The zero-order chi connectivity index (χ0) is 85.2. The van der Waals surface area contributed by atoms with Crippen LogP contribution >= 0.6 is 24.1 Å². The van der Waals surface area contributed by atoms with Crippen molar-refractivity contribution in [3.05, 3.63) is 192 Å². The molecular weight excluding hydrogens is 1660 g/mol. The molecule has 0 fully saturated rings. The number of ether oxygens (including phenoxy) is 4. The first-order chi connectivity index (χ1) is 57.9. The van der Waals surface area contributed by atoms with Gasteiger partial charge in [0, 0.05) is 72.9 Å². The summed E-state index contributed by atoms with van der Waals surface area (Å²) in [5.74, 6) is -6.36. The van der Waals surface area contributed by atoms with Gasteiger partial charge >= 0.3 is 23.9 Å². The number of benzene rings is 8. The molecule has 8 aromatic carbocycles. The number of anilines is 10. The number of aromatic carboxylic acids is 4. The van der Waals surface area contributed by atoms with Crippen molar-refractivity contribution in [1.29, 1.82) is 0 Å². The maximum Gasteiger partial charge on any atom is 0.337 e. The van der Waals surface area contributed by atoms with E-state index in [1.54, 1.807) is 36.4 Å². The van der Waals surface area contributed by atoms with Crippen LogP contribution in [0.15, 0.2) is 211 Å². The molecule has 0 radical (unpaired) electrons. The fourth-order valence-electron chi connectivity index (χ4n) is 10.1. The quantitative estimate of drug-likeness (QED) is 0.00420. The molecule has 10 rings (SSSR count). The van der Waals surface area contributed by atoms with E-state index >= 15 is 0 Å². The van der Waals surface area contributed by atoms with Gasteiger partial charge in [-0.25, -0.2) is 29.7 Å². The standard InChI is InChI=1S/C72H70N20O24S4/c93-63(94)47-13-1-5-17-51(47)89-85-43-21-25-55(59(39-43)109-31-9-35-117-115-113-101)75-69-79-67(81-71(83-69)77-57-27-23-45(41-61(57)111-33-11-37-119(103,104)105)87-91-53-19-7-3-15-49(53)65(97)98)73-29-30-74-68-80-70(76-56-26-22-44(40-60(56)110-32-10-36-118-116-114-102)86-90-52-18-6-2-14-48(52)64(95)96)84-72(82-68)78-58-28-24-46(42-62(58)112-34-12-38-120(106,107)108)88-92-54-20-8-4-16-50(54)66(99)100/h1-8,13-28,39-42,101-102H,9-12,29-38H2,(H,93,94)(H,95,96)(H,97,98)(H,99,100)(H,103,104,105)(H,106,107,108)(H3,73,75,77,79,81,83)(H3,74,76,78,80,82,84). The van der Waals surface area contributed by atoms with Crippen molar-refractivity contribution in [3.63, 3.8) is 0 Å². The number of carbonyl (C=O) groups is 4. The van der Waals surface area contributed by atoms with E-state index in [0.29, 0.717) is 12.8 Å². The van der Waals surface area contributed by atoms with Crippen LogP contribution in [0.5, 0.6) is 23.0 Å². The zero-order valence-electron chi connectivity index (χ0n) is 62.1. The van der Waals surface area contributed by atoms with Crippen LogP contribution in [0, 0.1) is 0 Å². The minimum Gasteiger partial charge on any atom is -0.491 e. The summed E-state index contributed by atoms with van der Waals surface area (Å²) in [6, 6.07) is 41.6. The summed E-state index contributed by atoms with van der Waals surface area (Å²) < 4.78 is 99.9. The summed E-state index contributed by atoms with van der Waals surface area (Å²) in [4.78, 5) is 76.3. The molecule has 0 saturated carbocycles. The van der Waals surface area contributed by atoms with Crippen molar-refractivity contribution in [2.45, 2.75) is 25.7 Å². The van der Waals surface area contributed by atoms with Crippen LogP contribution in [-0.2, 0) is 39.0 Å². The van der Waals surface area contributed by atoms with Crippen molar-refractivity contribution < 1.29 is 114 Å². The summed E-state index contributed by atoms with van der Waals surface area (Å²) >= 11 is 1.58. The molecule has 0 bridgehead atoms. The van der Waals surface area contributed by atoms with Gasteiger partial charge in [0.05, 0.1) is 106 Å². The van der Waals surface area contributed by atoms with E-state index < -0.39 is 55.6 Å². The second-order valence-electron chi connectivity index (χ2n) is 24.1. The van der Waals surface area contributed by atoms with Gasteiger partial charge in [0.15, 0.2) is 0 Å². The number of carboxylic acids is 4. The van der Waals surface area contributed by atoms with E-state index in [-0.39, 0.29) is 213 Å². The van der Waals surface area contributed by atoms with Crippen LogP contribution in [0.3, 0.4) is 0 Å². The highest BCUT2D eigenvalue weighted by molar-refractivity contribution is 7.94. The molecule has 626 valence electrons. The third-order valence-corrected chi connectivity index (χ3v) is 18.3. The topological polar surface area (TPSA) is 621 Å². The Morgan fingerprint density at radius 3 is 0.842 bits per heavy atom. The van der Waals surface area contributed by atoms with E-state index in [0.717, 1.165) is 24.1 Å². The third kappa shape index (κ3) is 28.6. The molecule has 14 N–H and O–H groups in total. The molecule has 120 heavy (non-hydrogen) atoms. The highest BCUT2D eigenvalue weighted by Gasteiger charge is 2.21. The average Bonchev–Trinajstić information content (AvgIpc) is 0.760. The van der Waals surface area contributed by atoms with Crippen molar-refractivity contribution >= 4 is 172 Å². The molecule has 0 aliphatic rings. The second-order valence-corrected chi connectivity index (χ2v) is 28.8. The molecule has 48 heteroatoms. The molecule has 0 aliphatic carbocycles. The predicted molar refractivity (Wildman–Crippen MR) is 434 cm³/mol. The second kappa shape index (κ2) is 44.6. The number of nitrogens with zero attached hydrogens (tertiary/aromatic N) is 14. The third-order valence-electron chi connectivity index (χ3n) is 15.5. The van der Waals surface area contributed by atoms with Crippen LogP contribution in [0.1, 0.15) is 67.1 Å². The molecule has 10 aromatic rings. The molecule has 0 spiro atoms. The Morgan fingerprint density at radius 1 is 0.342 bits per heavy atom. The molecule has 0 aliphatic heterocycles. The Bertz CT molecular complexity index is 5290. The van der Waals surface area contributed by atoms with Crippen LogP contribution in [0.25, 0.3) is 0 Å². The smallest absolute Gasteiger partial charge is 0.337 e. The lowest BCUT2D eigenvalue weighted by Gasteiger charge is -2.17.